The SMILES string of the molecule is CC1CCC(c2noc(-c3cccc(C(=O)O)c3)n2)C1. The maximum Gasteiger partial charge on any atom is 0.335 e. The zero-order valence-electron chi connectivity index (χ0n) is 11.2. The molecule has 2 unspecified atom stereocenters. The molecule has 20 heavy (non-hydrogen) atoms. The predicted molar refractivity (Wildman–Crippen MR) is 72.4 cm³/mol. The molecule has 5 nitrogen and oxygen atoms in total. The van der Waals surface area contributed by atoms with Crippen molar-refractivity contribution in [2.75, 3.05) is 0 Å². The van der Waals surface area contributed by atoms with E-state index < -0.39 is 5.97 Å². The number of carboxylic acid groups (broad SMARTS) is 1. The molecule has 0 saturated heterocycles. The molecule has 1 N–H and O–H groups in total. The second kappa shape index (κ2) is 5.07. The number of hydrogen-bond donors (Lipinski definition) is 1. The van der Waals surface area contributed by atoms with Crippen LogP contribution < -0.4 is 0 Å². The number of carbonyl (C=O) groups is 1. The molecule has 2 aromatic rings. The van der Waals surface area contributed by atoms with E-state index in [1.54, 1.807) is 24.3 Å². The van der Waals surface area contributed by atoms with Gasteiger partial charge in [-0.3, -0.25) is 0 Å². The lowest BCUT2D eigenvalue weighted by atomic mass is 10.1. The number of aromatic nitrogens is 2. The zero-order valence-corrected chi connectivity index (χ0v) is 11.2. The van der Waals surface area contributed by atoms with Crippen molar-refractivity contribution >= 4 is 5.97 Å². The van der Waals surface area contributed by atoms with E-state index in [1.165, 1.54) is 6.42 Å². The summed E-state index contributed by atoms with van der Waals surface area (Å²) in [5.74, 6) is 1.24. The maximum absolute atomic E-state index is 11.0. The van der Waals surface area contributed by atoms with Gasteiger partial charge in [0.15, 0.2) is 5.82 Å². The van der Waals surface area contributed by atoms with Crippen molar-refractivity contribution in [1.29, 1.82) is 0 Å². The van der Waals surface area contributed by atoms with Gasteiger partial charge in [-0.2, -0.15) is 4.98 Å². The van der Waals surface area contributed by atoms with Crippen molar-refractivity contribution in [1.82, 2.24) is 10.1 Å². The average Bonchev–Trinajstić information content (AvgIpc) is 3.07. The van der Waals surface area contributed by atoms with Crippen LogP contribution >= 0.6 is 0 Å². The highest BCUT2D eigenvalue weighted by Crippen LogP contribution is 2.37. The minimum Gasteiger partial charge on any atom is -0.478 e. The first-order valence-electron chi connectivity index (χ1n) is 6.81. The molecule has 1 fully saturated rings. The lowest BCUT2D eigenvalue weighted by Gasteiger charge is -2.01. The van der Waals surface area contributed by atoms with Gasteiger partial charge in [0.1, 0.15) is 0 Å². The Morgan fingerprint density at radius 3 is 2.95 bits per heavy atom. The number of carboxylic acids is 1. The van der Waals surface area contributed by atoms with Crippen LogP contribution in [-0.2, 0) is 0 Å². The second-order valence-corrected chi connectivity index (χ2v) is 5.46. The number of rotatable bonds is 3. The summed E-state index contributed by atoms with van der Waals surface area (Å²) >= 11 is 0. The molecule has 1 saturated carbocycles. The van der Waals surface area contributed by atoms with Crippen LogP contribution in [0.5, 0.6) is 0 Å². The maximum atomic E-state index is 11.0. The van der Waals surface area contributed by atoms with Gasteiger partial charge in [-0.05, 0) is 43.4 Å². The normalized spacial score (nSPS) is 22.1. The standard InChI is InChI=1S/C15H16N2O3/c1-9-5-6-10(7-9)13-16-14(20-17-13)11-3-2-4-12(8-11)15(18)19/h2-4,8-10H,5-7H2,1H3,(H,18,19). The fraction of sp³-hybridized carbons (Fsp3) is 0.400. The summed E-state index contributed by atoms with van der Waals surface area (Å²) in [5.41, 5.74) is 0.867. The summed E-state index contributed by atoms with van der Waals surface area (Å²) < 4.78 is 5.28. The first kappa shape index (κ1) is 12.8. The molecule has 0 spiro atoms. The van der Waals surface area contributed by atoms with Crippen molar-refractivity contribution < 1.29 is 14.4 Å². The van der Waals surface area contributed by atoms with Crippen molar-refractivity contribution in [3.8, 4) is 11.5 Å². The second-order valence-electron chi connectivity index (χ2n) is 5.46. The third-order valence-corrected chi connectivity index (χ3v) is 3.86. The van der Waals surface area contributed by atoms with Gasteiger partial charge in [0, 0.05) is 11.5 Å². The number of nitrogens with zero attached hydrogens (tertiary/aromatic N) is 2. The predicted octanol–water partition coefficient (Wildman–Crippen LogP) is 3.34. The molecule has 0 amide bonds. The van der Waals surface area contributed by atoms with Crippen LogP contribution in [0.3, 0.4) is 0 Å². The first-order chi connectivity index (χ1) is 9.63. The van der Waals surface area contributed by atoms with Crippen molar-refractivity contribution in [2.24, 2.45) is 5.92 Å². The van der Waals surface area contributed by atoms with E-state index in [2.05, 4.69) is 17.1 Å². The summed E-state index contributed by atoms with van der Waals surface area (Å²) in [4.78, 5) is 15.4. The molecule has 0 aliphatic heterocycles. The molecule has 0 bridgehead atoms. The number of aromatic carboxylic acids is 1. The first-order valence-corrected chi connectivity index (χ1v) is 6.81. The average molecular weight is 272 g/mol. The molecule has 3 rings (SSSR count). The largest absolute Gasteiger partial charge is 0.478 e. The van der Waals surface area contributed by atoms with E-state index >= 15 is 0 Å². The van der Waals surface area contributed by atoms with E-state index in [-0.39, 0.29) is 5.56 Å². The molecule has 2 atom stereocenters. The van der Waals surface area contributed by atoms with E-state index in [0.717, 1.165) is 18.7 Å². The molecule has 1 aliphatic carbocycles. The molecule has 0 radical (unpaired) electrons. The van der Waals surface area contributed by atoms with Crippen molar-refractivity contribution in [3.63, 3.8) is 0 Å². The van der Waals surface area contributed by atoms with Gasteiger partial charge in [0.05, 0.1) is 5.56 Å². The van der Waals surface area contributed by atoms with Gasteiger partial charge in [-0.15, -0.1) is 0 Å². The molecular formula is C15H16N2O3. The fourth-order valence-corrected chi connectivity index (χ4v) is 2.74. The van der Waals surface area contributed by atoms with Crippen molar-refractivity contribution in [2.45, 2.75) is 32.1 Å². The van der Waals surface area contributed by atoms with Crippen molar-refractivity contribution in [3.05, 3.63) is 35.7 Å². The van der Waals surface area contributed by atoms with Crippen LogP contribution in [0.1, 0.15) is 48.3 Å². The smallest absolute Gasteiger partial charge is 0.335 e. The van der Waals surface area contributed by atoms with Gasteiger partial charge in [0.2, 0.25) is 0 Å². The van der Waals surface area contributed by atoms with Crippen LogP contribution in [0, 0.1) is 5.92 Å². The number of hydrogen-bond acceptors (Lipinski definition) is 4. The molecule has 1 heterocycles. The minimum absolute atomic E-state index is 0.219. The summed E-state index contributed by atoms with van der Waals surface area (Å²) in [6.45, 7) is 2.23. The zero-order chi connectivity index (χ0) is 14.1. The Labute approximate surface area is 116 Å². The van der Waals surface area contributed by atoms with Crippen LogP contribution in [0.15, 0.2) is 28.8 Å². The Kier molecular flexibility index (Phi) is 3.26. The summed E-state index contributed by atoms with van der Waals surface area (Å²) in [6.07, 6.45) is 3.38. The van der Waals surface area contributed by atoms with E-state index in [1.807, 2.05) is 0 Å². The number of benzene rings is 1. The quantitative estimate of drug-likeness (QED) is 0.927. The Morgan fingerprint density at radius 2 is 2.25 bits per heavy atom. The lowest BCUT2D eigenvalue weighted by molar-refractivity contribution is 0.0697. The Hall–Kier alpha value is -2.17. The van der Waals surface area contributed by atoms with E-state index in [4.69, 9.17) is 9.63 Å². The van der Waals surface area contributed by atoms with Crippen LogP contribution in [0.4, 0.5) is 0 Å². The molecule has 1 aliphatic rings. The van der Waals surface area contributed by atoms with E-state index in [9.17, 15) is 4.79 Å². The lowest BCUT2D eigenvalue weighted by Crippen LogP contribution is -1.97. The third kappa shape index (κ3) is 2.43. The Bertz CT molecular complexity index is 636. The molecular weight excluding hydrogens is 256 g/mol. The highest BCUT2D eigenvalue weighted by molar-refractivity contribution is 5.88. The van der Waals surface area contributed by atoms with Gasteiger partial charge in [0.25, 0.3) is 5.89 Å². The highest BCUT2D eigenvalue weighted by atomic mass is 16.5. The highest BCUT2D eigenvalue weighted by Gasteiger charge is 2.27. The van der Waals surface area contributed by atoms with Crippen LogP contribution in [-0.4, -0.2) is 21.2 Å². The summed E-state index contributed by atoms with van der Waals surface area (Å²) in [6, 6.07) is 6.56. The monoisotopic (exact) mass is 272 g/mol. The van der Waals surface area contributed by atoms with E-state index in [0.29, 0.717) is 23.3 Å². The summed E-state index contributed by atoms with van der Waals surface area (Å²) in [7, 11) is 0. The molecule has 5 heteroatoms. The van der Waals surface area contributed by atoms with Crippen LogP contribution in [0.2, 0.25) is 0 Å². The van der Waals surface area contributed by atoms with Gasteiger partial charge >= 0.3 is 5.97 Å². The molecule has 1 aromatic heterocycles. The third-order valence-electron chi connectivity index (χ3n) is 3.86. The molecule has 1 aromatic carbocycles. The Balaban J connectivity index is 1.86. The van der Waals surface area contributed by atoms with Gasteiger partial charge < -0.3 is 9.63 Å². The van der Waals surface area contributed by atoms with Crippen LogP contribution in [0.25, 0.3) is 11.5 Å². The fourth-order valence-electron chi connectivity index (χ4n) is 2.74. The Morgan fingerprint density at radius 1 is 1.40 bits per heavy atom. The van der Waals surface area contributed by atoms with Gasteiger partial charge in [-0.25, -0.2) is 4.79 Å². The minimum atomic E-state index is -0.962. The van der Waals surface area contributed by atoms with Gasteiger partial charge in [-0.1, -0.05) is 18.1 Å². The summed E-state index contributed by atoms with van der Waals surface area (Å²) in [5, 5.41) is 13.0. The topological polar surface area (TPSA) is 76.2 Å². The molecule has 104 valence electrons.